The Morgan fingerprint density at radius 1 is 1.11 bits per heavy atom. The summed E-state index contributed by atoms with van der Waals surface area (Å²) < 4.78 is 0. The zero-order valence-corrected chi connectivity index (χ0v) is 11.7. The zero-order chi connectivity index (χ0) is 14.3. The molecule has 0 saturated heterocycles. The van der Waals surface area contributed by atoms with Gasteiger partial charge in [0.05, 0.1) is 5.25 Å². The first-order chi connectivity index (χ1) is 8.23. The molecule has 0 aliphatic rings. The second-order valence-corrected chi connectivity index (χ2v) is 5.11. The van der Waals surface area contributed by atoms with Gasteiger partial charge in [0, 0.05) is 12.5 Å². The molecule has 2 unspecified atom stereocenters. The normalized spacial score (nSPS) is 13.8. The van der Waals surface area contributed by atoms with E-state index < -0.39 is 23.2 Å². The van der Waals surface area contributed by atoms with Gasteiger partial charge in [-0.15, -0.1) is 0 Å². The van der Waals surface area contributed by atoms with E-state index in [1.165, 1.54) is 0 Å². The Balaban J connectivity index is 4.55. The smallest absolute Gasteiger partial charge is 0.303 e. The summed E-state index contributed by atoms with van der Waals surface area (Å²) in [5.74, 6) is -1.79. The summed E-state index contributed by atoms with van der Waals surface area (Å²) in [7, 11) is 0. The van der Waals surface area contributed by atoms with Crippen LogP contribution in [0.3, 0.4) is 0 Å². The summed E-state index contributed by atoms with van der Waals surface area (Å²) in [6.07, 6.45) is -0.127. The van der Waals surface area contributed by atoms with Gasteiger partial charge in [-0.1, -0.05) is 0 Å². The largest absolute Gasteiger partial charge is 0.481 e. The highest BCUT2D eigenvalue weighted by atomic mass is 32.1. The summed E-state index contributed by atoms with van der Waals surface area (Å²) in [4.78, 5) is 33.8. The fraction of sp³-hybridized carbons (Fsp3) is 0.727. The van der Waals surface area contributed by atoms with Crippen LogP contribution in [0.25, 0.3) is 0 Å². The lowest BCUT2D eigenvalue weighted by Crippen LogP contribution is -2.50. The van der Waals surface area contributed by atoms with Crippen molar-refractivity contribution in [3.8, 4) is 0 Å². The van der Waals surface area contributed by atoms with Crippen molar-refractivity contribution in [1.29, 1.82) is 0 Å². The van der Waals surface area contributed by atoms with Crippen molar-refractivity contribution in [3.63, 3.8) is 0 Å². The number of carbonyl (C=O) groups is 3. The first-order valence-corrected chi connectivity index (χ1v) is 6.26. The summed E-state index contributed by atoms with van der Waals surface area (Å²) in [5, 5.41) is 13.2. The maximum absolute atomic E-state index is 11.8. The second-order valence-electron chi connectivity index (χ2n) is 4.33. The van der Waals surface area contributed by atoms with Gasteiger partial charge < -0.3 is 15.7 Å². The van der Waals surface area contributed by atoms with Crippen LogP contribution in [0, 0.1) is 0 Å². The SMILES string of the molecule is CC(C)NC(=O)C(CCC(=O)O)NC(=O)C(C)S. The van der Waals surface area contributed by atoms with Crippen LogP contribution >= 0.6 is 12.6 Å². The van der Waals surface area contributed by atoms with Crippen LogP contribution in [0.2, 0.25) is 0 Å². The average Bonchev–Trinajstić information content (AvgIpc) is 2.21. The van der Waals surface area contributed by atoms with E-state index in [9.17, 15) is 14.4 Å². The summed E-state index contributed by atoms with van der Waals surface area (Å²) in [5.41, 5.74) is 0. The fourth-order valence-corrected chi connectivity index (χ4v) is 1.29. The number of rotatable bonds is 7. The van der Waals surface area contributed by atoms with E-state index in [0.717, 1.165) is 0 Å². The van der Waals surface area contributed by atoms with Crippen LogP contribution in [0.4, 0.5) is 0 Å². The number of aliphatic carboxylic acids is 1. The van der Waals surface area contributed by atoms with E-state index in [2.05, 4.69) is 23.3 Å². The first kappa shape index (κ1) is 16.8. The number of nitrogens with one attached hydrogen (secondary N) is 2. The number of carbonyl (C=O) groups excluding carboxylic acids is 2. The molecule has 104 valence electrons. The minimum Gasteiger partial charge on any atom is -0.481 e. The zero-order valence-electron chi connectivity index (χ0n) is 10.8. The Bertz CT molecular complexity index is 318. The van der Waals surface area contributed by atoms with Gasteiger partial charge in [-0.3, -0.25) is 14.4 Å². The van der Waals surface area contributed by atoms with Gasteiger partial charge >= 0.3 is 5.97 Å². The second kappa shape index (κ2) is 7.97. The van der Waals surface area contributed by atoms with Crippen molar-refractivity contribution < 1.29 is 19.5 Å². The Labute approximate surface area is 112 Å². The molecule has 0 heterocycles. The fourth-order valence-electron chi connectivity index (χ4n) is 1.21. The third-order valence-electron chi connectivity index (χ3n) is 2.09. The molecule has 2 amide bonds. The van der Waals surface area contributed by atoms with Gasteiger partial charge in [0.25, 0.3) is 0 Å². The van der Waals surface area contributed by atoms with Gasteiger partial charge in [0.1, 0.15) is 6.04 Å². The molecule has 3 N–H and O–H groups in total. The predicted molar refractivity (Wildman–Crippen MR) is 70.5 cm³/mol. The Hall–Kier alpha value is -1.24. The molecule has 18 heavy (non-hydrogen) atoms. The van der Waals surface area contributed by atoms with E-state index >= 15 is 0 Å². The highest BCUT2D eigenvalue weighted by Crippen LogP contribution is 2.01. The van der Waals surface area contributed by atoms with Gasteiger partial charge in [0.2, 0.25) is 11.8 Å². The molecule has 0 aromatic rings. The molecule has 0 rings (SSSR count). The number of hydrogen-bond acceptors (Lipinski definition) is 4. The van der Waals surface area contributed by atoms with E-state index in [1.807, 2.05) is 0 Å². The van der Waals surface area contributed by atoms with Crippen LogP contribution < -0.4 is 10.6 Å². The summed E-state index contributed by atoms with van der Waals surface area (Å²) >= 11 is 3.95. The van der Waals surface area contributed by atoms with Crippen molar-refractivity contribution in [3.05, 3.63) is 0 Å². The average molecular weight is 276 g/mol. The van der Waals surface area contributed by atoms with E-state index in [1.54, 1.807) is 20.8 Å². The molecule has 2 atom stereocenters. The topological polar surface area (TPSA) is 95.5 Å². The minimum atomic E-state index is -1.01. The lowest BCUT2D eigenvalue weighted by Gasteiger charge is -2.20. The van der Waals surface area contributed by atoms with Crippen LogP contribution in [0.5, 0.6) is 0 Å². The van der Waals surface area contributed by atoms with Gasteiger partial charge in [-0.25, -0.2) is 0 Å². The van der Waals surface area contributed by atoms with E-state index in [-0.39, 0.29) is 24.8 Å². The maximum atomic E-state index is 11.8. The molecule has 0 fully saturated rings. The van der Waals surface area contributed by atoms with Crippen molar-refractivity contribution in [1.82, 2.24) is 10.6 Å². The molecule has 6 nitrogen and oxygen atoms in total. The van der Waals surface area contributed by atoms with Gasteiger partial charge in [0.15, 0.2) is 0 Å². The van der Waals surface area contributed by atoms with Crippen LogP contribution in [-0.2, 0) is 14.4 Å². The molecule has 0 aromatic carbocycles. The van der Waals surface area contributed by atoms with E-state index in [4.69, 9.17) is 5.11 Å². The third-order valence-corrected chi connectivity index (χ3v) is 2.32. The van der Waals surface area contributed by atoms with Gasteiger partial charge in [-0.05, 0) is 27.2 Å². The van der Waals surface area contributed by atoms with Crippen molar-refractivity contribution in [2.75, 3.05) is 0 Å². The standard InChI is InChI=1S/C11H20N2O4S/c1-6(2)12-11(17)8(4-5-9(14)15)13-10(16)7(3)18/h6-8,18H,4-5H2,1-3H3,(H,12,17)(H,13,16)(H,14,15). The summed E-state index contributed by atoms with van der Waals surface area (Å²) in [6, 6.07) is -0.916. The van der Waals surface area contributed by atoms with Crippen LogP contribution in [-0.4, -0.2) is 40.2 Å². The molecule has 0 aromatic heterocycles. The quantitative estimate of drug-likeness (QED) is 0.499. The minimum absolute atomic E-state index is 0.0557. The third kappa shape index (κ3) is 7.16. The van der Waals surface area contributed by atoms with E-state index in [0.29, 0.717) is 0 Å². The van der Waals surface area contributed by atoms with Gasteiger partial charge in [-0.2, -0.15) is 12.6 Å². The Morgan fingerprint density at radius 2 is 1.67 bits per heavy atom. The summed E-state index contributed by atoms with van der Waals surface area (Å²) in [6.45, 7) is 5.15. The number of hydrogen-bond donors (Lipinski definition) is 4. The molecule has 0 aliphatic carbocycles. The number of carboxylic acids is 1. The number of carboxylic acid groups (broad SMARTS) is 1. The Morgan fingerprint density at radius 3 is 2.06 bits per heavy atom. The van der Waals surface area contributed by atoms with Crippen molar-refractivity contribution >= 4 is 30.4 Å². The molecule has 0 spiro atoms. The number of amides is 2. The maximum Gasteiger partial charge on any atom is 0.303 e. The highest BCUT2D eigenvalue weighted by molar-refractivity contribution is 7.81. The molecule has 0 aliphatic heterocycles. The molecular weight excluding hydrogens is 256 g/mol. The first-order valence-electron chi connectivity index (χ1n) is 5.74. The highest BCUT2D eigenvalue weighted by Gasteiger charge is 2.23. The van der Waals surface area contributed by atoms with Crippen LogP contribution in [0.15, 0.2) is 0 Å². The van der Waals surface area contributed by atoms with Crippen molar-refractivity contribution in [2.24, 2.45) is 0 Å². The Kier molecular flexibility index (Phi) is 7.42. The number of thiol groups is 1. The lowest BCUT2D eigenvalue weighted by atomic mass is 10.1. The molecular formula is C11H20N2O4S. The van der Waals surface area contributed by atoms with Crippen LogP contribution in [0.1, 0.15) is 33.6 Å². The predicted octanol–water partition coefficient (Wildman–Crippen LogP) is 0.179. The molecule has 0 radical (unpaired) electrons. The monoisotopic (exact) mass is 276 g/mol. The molecule has 7 heteroatoms. The lowest BCUT2D eigenvalue weighted by molar-refractivity contribution is -0.138. The van der Waals surface area contributed by atoms with Crippen molar-refractivity contribution in [2.45, 2.75) is 50.9 Å². The molecule has 0 bridgehead atoms. The molecule has 0 saturated carbocycles.